The standard InChI is InChI=1S/C9H15NO3S2/c1-2-5-15(12,13)10-6-9(11)8-3-4-14-7-8/h3-4,7,9-11H,2,5-6H2,1H3/t9-/m1/s1. The molecule has 0 bridgehead atoms. The molecule has 6 heteroatoms. The molecule has 0 aliphatic carbocycles. The number of sulfonamides is 1. The van der Waals surface area contributed by atoms with E-state index in [1.54, 1.807) is 18.4 Å². The van der Waals surface area contributed by atoms with Crippen LogP contribution in [-0.2, 0) is 10.0 Å². The van der Waals surface area contributed by atoms with E-state index >= 15 is 0 Å². The van der Waals surface area contributed by atoms with E-state index < -0.39 is 16.1 Å². The number of aliphatic hydroxyl groups excluding tert-OH is 1. The normalized spacial score (nSPS) is 14.0. The van der Waals surface area contributed by atoms with Gasteiger partial charge in [-0.2, -0.15) is 11.3 Å². The average Bonchev–Trinajstić information content (AvgIpc) is 2.67. The van der Waals surface area contributed by atoms with Crippen molar-refractivity contribution < 1.29 is 13.5 Å². The molecule has 0 spiro atoms. The van der Waals surface area contributed by atoms with Crippen molar-refractivity contribution in [3.8, 4) is 0 Å². The quantitative estimate of drug-likeness (QED) is 0.793. The van der Waals surface area contributed by atoms with Crippen LogP contribution < -0.4 is 4.72 Å². The van der Waals surface area contributed by atoms with Gasteiger partial charge >= 0.3 is 0 Å². The lowest BCUT2D eigenvalue weighted by atomic mass is 10.2. The third-order valence-corrected chi connectivity index (χ3v) is 4.15. The molecule has 0 saturated carbocycles. The first-order valence-corrected chi connectivity index (χ1v) is 7.32. The highest BCUT2D eigenvalue weighted by Crippen LogP contribution is 2.15. The summed E-state index contributed by atoms with van der Waals surface area (Å²) in [5.41, 5.74) is 0.749. The van der Waals surface area contributed by atoms with Crippen LogP contribution in [0.25, 0.3) is 0 Å². The molecule has 0 aliphatic heterocycles. The lowest BCUT2D eigenvalue weighted by Crippen LogP contribution is -2.30. The van der Waals surface area contributed by atoms with E-state index in [0.29, 0.717) is 6.42 Å². The fraction of sp³-hybridized carbons (Fsp3) is 0.556. The van der Waals surface area contributed by atoms with Gasteiger partial charge in [0.1, 0.15) is 0 Å². The molecule has 1 atom stereocenters. The molecule has 0 amide bonds. The molecule has 1 aromatic heterocycles. The summed E-state index contributed by atoms with van der Waals surface area (Å²) >= 11 is 1.47. The van der Waals surface area contributed by atoms with Gasteiger partial charge in [0.2, 0.25) is 10.0 Å². The second-order valence-corrected chi connectivity index (χ2v) is 5.95. The molecule has 0 aromatic carbocycles. The van der Waals surface area contributed by atoms with Crippen molar-refractivity contribution >= 4 is 21.4 Å². The lowest BCUT2D eigenvalue weighted by molar-refractivity contribution is 0.182. The van der Waals surface area contributed by atoms with Crippen LogP contribution in [0.1, 0.15) is 25.0 Å². The first-order valence-electron chi connectivity index (χ1n) is 4.72. The summed E-state index contributed by atoms with van der Waals surface area (Å²) in [6, 6.07) is 1.78. The number of aliphatic hydroxyl groups is 1. The predicted molar refractivity (Wildman–Crippen MR) is 61.4 cm³/mol. The maximum Gasteiger partial charge on any atom is 0.211 e. The Kier molecular flexibility index (Phi) is 4.72. The van der Waals surface area contributed by atoms with E-state index in [0.717, 1.165) is 5.56 Å². The van der Waals surface area contributed by atoms with E-state index in [1.807, 2.05) is 5.38 Å². The third kappa shape index (κ3) is 4.29. The zero-order valence-electron chi connectivity index (χ0n) is 8.51. The van der Waals surface area contributed by atoms with Gasteiger partial charge in [0.25, 0.3) is 0 Å². The monoisotopic (exact) mass is 249 g/mol. The minimum Gasteiger partial charge on any atom is -0.387 e. The molecule has 4 nitrogen and oxygen atoms in total. The maximum absolute atomic E-state index is 11.3. The Balaban J connectivity index is 2.44. The number of hydrogen-bond donors (Lipinski definition) is 2. The Labute approximate surface area is 94.0 Å². The van der Waals surface area contributed by atoms with Crippen molar-refractivity contribution in [1.82, 2.24) is 4.72 Å². The Hall–Kier alpha value is -0.430. The first-order chi connectivity index (χ1) is 7.05. The predicted octanol–water partition coefficient (Wildman–Crippen LogP) is 1.11. The Morgan fingerprint density at radius 3 is 2.87 bits per heavy atom. The van der Waals surface area contributed by atoms with Crippen molar-refractivity contribution in [2.45, 2.75) is 19.4 Å². The summed E-state index contributed by atoms with van der Waals surface area (Å²) in [7, 11) is -3.22. The minimum absolute atomic E-state index is 0.0407. The van der Waals surface area contributed by atoms with Gasteiger partial charge in [-0.15, -0.1) is 0 Å². The van der Waals surface area contributed by atoms with E-state index in [1.165, 1.54) is 11.3 Å². The highest BCUT2D eigenvalue weighted by atomic mass is 32.2. The first kappa shape index (κ1) is 12.6. The smallest absolute Gasteiger partial charge is 0.211 e. The molecule has 15 heavy (non-hydrogen) atoms. The molecule has 1 rings (SSSR count). The maximum atomic E-state index is 11.3. The number of hydrogen-bond acceptors (Lipinski definition) is 4. The number of rotatable bonds is 6. The Morgan fingerprint density at radius 2 is 2.33 bits per heavy atom. The average molecular weight is 249 g/mol. The number of nitrogens with one attached hydrogen (secondary N) is 1. The molecule has 0 unspecified atom stereocenters. The minimum atomic E-state index is -3.22. The highest BCUT2D eigenvalue weighted by molar-refractivity contribution is 7.89. The lowest BCUT2D eigenvalue weighted by Gasteiger charge is -2.10. The third-order valence-electron chi connectivity index (χ3n) is 1.90. The summed E-state index contributed by atoms with van der Waals surface area (Å²) in [5.74, 6) is 0.101. The zero-order chi connectivity index (χ0) is 11.3. The van der Waals surface area contributed by atoms with Crippen LogP contribution in [0, 0.1) is 0 Å². The van der Waals surface area contributed by atoms with Gasteiger partial charge in [-0.05, 0) is 28.8 Å². The van der Waals surface area contributed by atoms with E-state index in [9.17, 15) is 13.5 Å². The zero-order valence-corrected chi connectivity index (χ0v) is 10.1. The van der Waals surface area contributed by atoms with Gasteiger partial charge in [0.05, 0.1) is 11.9 Å². The van der Waals surface area contributed by atoms with Crippen LogP contribution in [0.3, 0.4) is 0 Å². The van der Waals surface area contributed by atoms with Gasteiger partial charge in [-0.3, -0.25) is 0 Å². The van der Waals surface area contributed by atoms with Crippen LogP contribution >= 0.6 is 11.3 Å². The van der Waals surface area contributed by atoms with Crippen molar-refractivity contribution in [2.75, 3.05) is 12.3 Å². The Bertz CT molecular complexity index is 372. The summed E-state index contributed by atoms with van der Waals surface area (Å²) < 4.78 is 24.9. The second kappa shape index (κ2) is 5.60. The molecule has 1 heterocycles. The van der Waals surface area contributed by atoms with Gasteiger partial charge in [0, 0.05) is 6.54 Å². The van der Waals surface area contributed by atoms with Crippen molar-refractivity contribution in [2.24, 2.45) is 0 Å². The SMILES string of the molecule is CCCS(=O)(=O)NC[C@@H](O)c1ccsc1. The van der Waals surface area contributed by atoms with Crippen molar-refractivity contribution in [3.63, 3.8) is 0 Å². The van der Waals surface area contributed by atoms with E-state index in [-0.39, 0.29) is 12.3 Å². The van der Waals surface area contributed by atoms with Crippen molar-refractivity contribution in [1.29, 1.82) is 0 Å². The Morgan fingerprint density at radius 1 is 1.60 bits per heavy atom. The summed E-state index contributed by atoms with van der Waals surface area (Å²) in [6.07, 6.45) is -0.188. The molecule has 0 saturated heterocycles. The van der Waals surface area contributed by atoms with E-state index in [2.05, 4.69) is 4.72 Å². The molecule has 0 radical (unpaired) electrons. The van der Waals surface area contributed by atoms with Crippen LogP contribution in [-0.4, -0.2) is 25.8 Å². The topological polar surface area (TPSA) is 66.4 Å². The van der Waals surface area contributed by atoms with Crippen LogP contribution in [0.4, 0.5) is 0 Å². The van der Waals surface area contributed by atoms with Crippen LogP contribution in [0.2, 0.25) is 0 Å². The molecule has 0 aliphatic rings. The van der Waals surface area contributed by atoms with Gasteiger partial charge in [-0.25, -0.2) is 13.1 Å². The molecule has 86 valence electrons. The fourth-order valence-corrected chi connectivity index (χ4v) is 2.93. The summed E-state index contributed by atoms with van der Waals surface area (Å²) in [6.45, 7) is 1.84. The highest BCUT2D eigenvalue weighted by Gasteiger charge is 2.13. The molecular formula is C9H15NO3S2. The fourth-order valence-electron chi connectivity index (χ4n) is 1.13. The molecule has 1 aromatic rings. The number of thiophene rings is 1. The molecule has 0 fully saturated rings. The largest absolute Gasteiger partial charge is 0.387 e. The van der Waals surface area contributed by atoms with Gasteiger partial charge in [0.15, 0.2) is 0 Å². The summed E-state index contributed by atoms with van der Waals surface area (Å²) in [5, 5.41) is 13.3. The molecular weight excluding hydrogens is 234 g/mol. The van der Waals surface area contributed by atoms with Gasteiger partial charge in [-0.1, -0.05) is 6.92 Å². The van der Waals surface area contributed by atoms with Gasteiger partial charge < -0.3 is 5.11 Å². The van der Waals surface area contributed by atoms with Crippen LogP contribution in [0.5, 0.6) is 0 Å². The molecule has 2 N–H and O–H groups in total. The van der Waals surface area contributed by atoms with Crippen LogP contribution in [0.15, 0.2) is 16.8 Å². The van der Waals surface area contributed by atoms with Crippen molar-refractivity contribution in [3.05, 3.63) is 22.4 Å². The van der Waals surface area contributed by atoms with E-state index in [4.69, 9.17) is 0 Å². The second-order valence-electron chi connectivity index (χ2n) is 3.24. The summed E-state index contributed by atoms with van der Waals surface area (Å²) in [4.78, 5) is 0.